The summed E-state index contributed by atoms with van der Waals surface area (Å²) in [4.78, 5) is 10.7. The van der Waals surface area contributed by atoms with E-state index in [2.05, 4.69) is 32.7 Å². The van der Waals surface area contributed by atoms with Crippen molar-refractivity contribution < 1.29 is 0 Å². The predicted molar refractivity (Wildman–Crippen MR) is 73.2 cm³/mol. The molecule has 1 fully saturated rings. The molecule has 0 aliphatic carbocycles. The molecule has 1 aromatic rings. The first-order valence-corrected chi connectivity index (χ1v) is 6.49. The van der Waals surface area contributed by atoms with E-state index in [-0.39, 0.29) is 0 Å². The van der Waals surface area contributed by atoms with Gasteiger partial charge in [-0.05, 0) is 45.3 Å². The lowest BCUT2D eigenvalue weighted by Crippen LogP contribution is -2.30. The fourth-order valence-corrected chi connectivity index (χ4v) is 2.28. The average molecular weight is 250 g/mol. The van der Waals surface area contributed by atoms with Gasteiger partial charge in [0.1, 0.15) is 5.82 Å². The van der Waals surface area contributed by atoms with Crippen LogP contribution in [0.3, 0.4) is 0 Å². The second-order valence-electron chi connectivity index (χ2n) is 4.90. The minimum Gasteiger partial charge on any atom is -0.369 e. The van der Waals surface area contributed by atoms with Crippen molar-refractivity contribution in [1.29, 1.82) is 0 Å². The highest BCUT2D eigenvalue weighted by molar-refractivity contribution is 5.40. The molecule has 0 saturated carbocycles. The van der Waals surface area contributed by atoms with E-state index in [1.807, 2.05) is 0 Å². The van der Waals surface area contributed by atoms with Crippen molar-refractivity contribution in [3.8, 4) is 0 Å². The third kappa shape index (κ3) is 3.82. The van der Waals surface area contributed by atoms with Crippen molar-refractivity contribution in [3.63, 3.8) is 0 Å². The highest BCUT2D eigenvalue weighted by Crippen LogP contribution is 2.19. The van der Waals surface area contributed by atoms with E-state index in [9.17, 15) is 0 Å². The molecule has 0 spiro atoms. The number of hydrogen-bond acceptors (Lipinski definition) is 6. The summed E-state index contributed by atoms with van der Waals surface area (Å²) >= 11 is 0. The molecule has 1 aliphatic rings. The van der Waals surface area contributed by atoms with Gasteiger partial charge >= 0.3 is 0 Å². The molecule has 6 nitrogen and oxygen atoms in total. The third-order valence-corrected chi connectivity index (χ3v) is 3.48. The molecule has 100 valence electrons. The molecule has 1 aromatic heterocycles. The van der Waals surface area contributed by atoms with Crippen molar-refractivity contribution in [1.82, 2.24) is 14.9 Å². The number of nitrogens with one attached hydrogen (secondary N) is 2. The lowest BCUT2D eigenvalue weighted by atomic mass is 9.94. The fourth-order valence-electron chi connectivity index (χ4n) is 2.28. The molecule has 1 aliphatic heterocycles. The van der Waals surface area contributed by atoms with Crippen LogP contribution in [0, 0.1) is 5.92 Å². The molecule has 0 bridgehead atoms. The highest BCUT2D eigenvalue weighted by atomic mass is 15.3. The standard InChI is InChI=1S/C12H22N6/c1-18-6-3-10(4-7-18)2-5-15-11-8-14-9-12(16-11)17-13/h8-10H,2-7,13H2,1H3,(H2,15,16,17). The smallest absolute Gasteiger partial charge is 0.160 e. The van der Waals surface area contributed by atoms with Crippen LogP contribution in [0.2, 0.25) is 0 Å². The fraction of sp³-hybridized carbons (Fsp3) is 0.667. The molecule has 6 heteroatoms. The van der Waals surface area contributed by atoms with Gasteiger partial charge in [0.15, 0.2) is 5.82 Å². The molecule has 18 heavy (non-hydrogen) atoms. The van der Waals surface area contributed by atoms with E-state index < -0.39 is 0 Å². The van der Waals surface area contributed by atoms with Gasteiger partial charge in [-0.1, -0.05) is 0 Å². The Labute approximate surface area is 108 Å². The van der Waals surface area contributed by atoms with Crippen LogP contribution in [-0.4, -0.2) is 41.5 Å². The molecular weight excluding hydrogens is 228 g/mol. The predicted octanol–water partition coefficient (Wildman–Crippen LogP) is 0.906. The van der Waals surface area contributed by atoms with Gasteiger partial charge in [0.25, 0.3) is 0 Å². The Hall–Kier alpha value is -1.40. The van der Waals surface area contributed by atoms with E-state index in [0.717, 1.165) is 18.3 Å². The zero-order chi connectivity index (χ0) is 12.8. The van der Waals surface area contributed by atoms with Crippen molar-refractivity contribution in [3.05, 3.63) is 12.4 Å². The van der Waals surface area contributed by atoms with Crippen LogP contribution < -0.4 is 16.6 Å². The first-order chi connectivity index (χ1) is 8.78. The van der Waals surface area contributed by atoms with Crippen molar-refractivity contribution in [2.75, 3.05) is 37.4 Å². The number of nitrogens with two attached hydrogens (primary N) is 1. The van der Waals surface area contributed by atoms with Gasteiger partial charge in [-0.15, -0.1) is 0 Å². The Balaban J connectivity index is 1.71. The number of likely N-dealkylation sites (tertiary alicyclic amines) is 1. The van der Waals surface area contributed by atoms with Gasteiger partial charge in [-0.3, -0.25) is 4.98 Å². The Morgan fingerprint density at radius 3 is 2.78 bits per heavy atom. The van der Waals surface area contributed by atoms with Crippen molar-refractivity contribution >= 4 is 11.6 Å². The molecule has 2 rings (SSSR count). The first kappa shape index (κ1) is 13.0. The second-order valence-corrected chi connectivity index (χ2v) is 4.90. The average Bonchev–Trinajstić information content (AvgIpc) is 2.41. The molecule has 0 radical (unpaired) electrons. The summed E-state index contributed by atoms with van der Waals surface area (Å²) in [5.41, 5.74) is 2.49. The van der Waals surface area contributed by atoms with Crippen LogP contribution in [0.1, 0.15) is 19.3 Å². The molecule has 0 atom stereocenters. The van der Waals surface area contributed by atoms with Crippen LogP contribution in [0.5, 0.6) is 0 Å². The summed E-state index contributed by atoms with van der Waals surface area (Å²) in [5.74, 6) is 7.48. The quantitative estimate of drug-likeness (QED) is 0.532. The SMILES string of the molecule is CN1CCC(CCNc2cncc(NN)n2)CC1. The highest BCUT2D eigenvalue weighted by Gasteiger charge is 2.15. The minimum absolute atomic E-state index is 0.583. The lowest BCUT2D eigenvalue weighted by Gasteiger charge is -2.28. The van der Waals surface area contributed by atoms with Crippen LogP contribution >= 0.6 is 0 Å². The number of aromatic nitrogens is 2. The first-order valence-electron chi connectivity index (χ1n) is 6.49. The Kier molecular flexibility index (Phi) is 4.72. The summed E-state index contributed by atoms with van der Waals surface area (Å²) in [7, 11) is 2.19. The van der Waals surface area contributed by atoms with E-state index in [1.54, 1.807) is 12.4 Å². The molecule has 0 aromatic carbocycles. The van der Waals surface area contributed by atoms with Gasteiger partial charge in [0.05, 0.1) is 12.4 Å². The van der Waals surface area contributed by atoms with Crippen LogP contribution in [0.4, 0.5) is 11.6 Å². The molecule has 2 heterocycles. The summed E-state index contributed by atoms with van der Waals surface area (Å²) in [6.45, 7) is 3.38. The van der Waals surface area contributed by atoms with E-state index in [0.29, 0.717) is 5.82 Å². The number of rotatable bonds is 5. The number of nitrogens with zero attached hydrogens (tertiary/aromatic N) is 3. The van der Waals surface area contributed by atoms with Crippen LogP contribution in [0.25, 0.3) is 0 Å². The third-order valence-electron chi connectivity index (χ3n) is 3.48. The zero-order valence-electron chi connectivity index (χ0n) is 10.9. The van der Waals surface area contributed by atoms with Gasteiger partial charge in [0.2, 0.25) is 0 Å². The van der Waals surface area contributed by atoms with Crippen molar-refractivity contribution in [2.24, 2.45) is 11.8 Å². The maximum atomic E-state index is 5.29. The van der Waals surface area contributed by atoms with E-state index in [4.69, 9.17) is 5.84 Å². The van der Waals surface area contributed by atoms with Crippen molar-refractivity contribution in [2.45, 2.75) is 19.3 Å². The van der Waals surface area contributed by atoms with Crippen LogP contribution in [0.15, 0.2) is 12.4 Å². The van der Waals surface area contributed by atoms with Gasteiger partial charge in [-0.25, -0.2) is 10.8 Å². The molecule has 4 N–H and O–H groups in total. The minimum atomic E-state index is 0.583. The largest absolute Gasteiger partial charge is 0.369 e. The Morgan fingerprint density at radius 2 is 2.06 bits per heavy atom. The number of hydrazine groups is 1. The zero-order valence-corrected chi connectivity index (χ0v) is 10.9. The van der Waals surface area contributed by atoms with E-state index in [1.165, 1.54) is 32.4 Å². The number of anilines is 2. The maximum absolute atomic E-state index is 5.29. The molecule has 0 unspecified atom stereocenters. The number of hydrogen-bond donors (Lipinski definition) is 3. The monoisotopic (exact) mass is 250 g/mol. The molecular formula is C12H22N6. The topological polar surface area (TPSA) is 79.1 Å². The lowest BCUT2D eigenvalue weighted by molar-refractivity contribution is 0.215. The molecule has 0 amide bonds. The Morgan fingerprint density at radius 1 is 1.33 bits per heavy atom. The summed E-state index contributed by atoms with van der Waals surface area (Å²) in [6.07, 6.45) is 7.11. The second kappa shape index (κ2) is 6.51. The van der Waals surface area contributed by atoms with E-state index >= 15 is 0 Å². The number of nitrogen functional groups attached to an aromatic ring is 1. The summed E-state index contributed by atoms with van der Waals surface area (Å²) in [6, 6.07) is 0. The van der Waals surface area contributed by atoms with Gasteiger partial charge in [-0.2, -0.15) is 0 Å². The Bertz CT molecular complexity index is 361. The summed E-state index contributed by atoms with van der Waals surface area (Å²) < 4.78 is 0. The normalized spacial score (nSPS) is 17.7. The van der Waals surface area contributed by atoms with Gasteiger partial charge < -0.3 is 15.6 Å². The van der Waals surface area contributed by atoms with Gasteiger partial charge in [0, 0.05) is 6.54 Å². The van der Waals surface area contributed by atoms with Crippen LogP contribution in [-0.2, 0) is 0 Å². The molecule has 1 saturated heterocycles. The maximum Gasteiger partial charge on any atom is 0.160 e. The number of piperidine rings is 1. The summed E-state index contributed by atoms with van der Waals surface area (Å²) in [5, 5.41) is 3.30.